The Balaban J connectivity index is 1.84. The van der Waals surface area contributed by atoms with E-state index in [4.69, 9.17) is 0 Å². The third-order valence-electron chi connectivity index (χ3n) is 3.74. The Kier molecular flexibility index (Phi) is 3.52. The van der Waals surface area contributed by atoms with Gasteiger partial charge in [-0.2, -0.15) is 5.10 Å². The van der Waals surface area contributed by atoms with Crippen LogP contribution in [0.5, 0.6) is 0 Å². The third-order valence-corrected chi connectivity index (χ3v) is 3.74. The highest BCUT2D eigenvalue weighted by molar-refractivity contribution is 5.44. The van der Waals surface area contributed by atoms with E-state index in [1.54, 1.807) is 4.68 Å². The van der Waals surface area contributed by atoms with Crippen LogP contribution in [0.4, 0.5) is 5.69 Å². The summed E-state index contributed by atoms with van der Waals surface area (Å²) < 4.78 is 4.09. The van der Waals surface area contributed by atoms with E-state index in [1.807, 2.05) is 25.5 Å². The summed E-state index contributed by atoms with van der Waals surface area (Å²) in [5, 5.41) is 7.59. The van der Waals surface area contributed by atoms with Crippen molar-refractivity contribution in [2.45, 2.75) is 20.4 Å². The van der Waals surface area contributed by atoms with Crippen molar-refractivity contribution in [1.82, 2.24) is 14.3 Å². The first-order chi connectivity index (χ1) is 10.1. The number of rotatable bonds is 4. The minimum atomic E-state index is 0.804. The van der Waals surface area contributed by atoms with Gasteiger partial charge >= 0.3 is 0 Å². The predicted octanol–water partition coefficient (Wildman–Crippen LogP) is 3.44. The minimum Gasteiger partial charge on any atom is -0.378 e. The first kappa shape index (κ1) is 13.5. The molecule has 0 aliphatic carbocycles. The first-order valence-electron chi connectivity index (χ1n) is 7.11. The van der Waals surface area contributed by atoms with Crippen molar-refractivity contribution < 1.29 is 0 Å². The summed E-state index contributed by atoms with van der Waals surface area (Å²) in [5.74, 6) is 0. The topological polar surface area (TPSA) is 34.8 Å². The van der Waals surface area contributed by atoms with Crippen molar-refractivity contribution in [3.63, 3.8) is 0 Å². The summed E-state index contributed by atoms with van der Waals surface area (Å²) in [4.78, 5) is 0. The third kappa shape index (κ3) is 2.70. The molecule has 2 heterocycles. The number of benzene rings is 1. The lowest BCUT2D eigenvalue weighted by Crippen LogP contribution is -2.02. The summed E-state index contributed by atoms with van der Waals surface area (Å²) in [6.07, 6.45) is 3.83. The van der Waals surface area contributed by atoms with E-state index in [2.05, 4.69) is 59.2 Å². The number of anilines is 1. The fourth-order valence-electron chi connectivity index (χ4n) is 2.69. The molecule has 0 spiro atoms. The monoisotopic (exact) mass is 280 g/mol. The van der Waals surface area contributed by atoms with E-state index < -0.39 is 0 Å². The molecule has 0 unspecified atom stereocenters. The van der Waals surface area contributed by atoms with Gasteiger partial charge < -0.3 is 9.88 Å². The zero-order valence-corrected chi connectivity index (χ0v) is 12.7. The second-order valence-corrected chi connectivity index (χ2v) is 5.32. The van der Waals surface area contributed by atoms with Crippen molar-refractivity contribution in [2.75, 3.05) is 5.32 Å². The van der Waals surface area contributed by atoms with Gasteiger partial charge in [0.05, 0.1) is 11.9 Å². The maximum atomic E-state index is 4.17. The quantitative estimate of drug-likeness (QED) is 0.794. The van der Waals surface area contributed by atoms with Crippen molar-refractivity contribution in [1.29, 1.82) is 0 Å². The van der Waals surface area contributed by atoms with Gasteiger partial charge in [0.1, 0.15) is 0 Å². The Morgan fingerprint density at radius 3 is 2.57 bits per heavy atom. The lowest BCUT2D eigenvalue weighted by Gasteiger charge is -2.10. The van der Waals surface area contributed by atoms with E-state index in [-0.39, 0.29) is 0 Å². The van der Waals surface area contributed by atoms with Crippen LogP contribution in [0.1, 0.15) is 17.0 Å². The molecule has 0 radical (unpaired) electrons. The molecule has 0 atom stereocenters. The average Bonchev–Trinajstić information content (AvgIpc) is 3.01. The molecule has 108 valence electrons. The molecule has 0 aliphatic rings. The molecule has 4 heteroatoms. The molecule has 1 aromatic carbocycles. The minimum absolute atomic E-state index is 0.804. The normalized spacial score (nSPS) is 10.8. The summed E-state index contributed by atoms with van der Waals surface area (Å²) in [6, 6.07) is 12.7. The van der Waals surface area contributed by atoms with E-state index in [0.29, 0.717) is 0 Å². The van der Waals surface area contributed by atoms with Gasteiger partial charge in [-0.1, -0.05) is 18.2 Å². The maximum absolute atomic E-state index is 4.17. The van der Waals surface area contributed by atoms with Crippen molar-refractivity contribution in [3.8, 4) is 5.69 Å². The Morgan fingerprint density at radius 2 is 1.90 bits per heavy atom. The number of hydrogen-bond acceptors (Lipinski definition) is 2. The van der Waals surface area contributed by atoms with Crippen LogP contribution in [0.2, 0.25) is 0 Å². The standard InChI is InChI=1S/C17H20N4/c1-13-9-15(10-18-16-11-19-20(3)12-16)14(2)21(13)17-7-5-4-6-8-17/h4-9,11-12,18H,10H2,1-3H3. The van der Waals surface area contributed by atoms with Gasteiger partial charge in [0.15, 0.2) is 0 Å². The van der Waals surface area contributed by atoms with E-state index in [0.717, 1.165) is 12.2 Å². The molecule has 0 saturated heterocycles. The van der Waals surface area contributed by atoms with Crippen LogP contribution in [-0.2, 0) is 13.6 Å². The van der Waals surface area contributed by atoms with E-state index in [1.165, 1.54) is 22.6 Å². The number of aryl methyl sites for hydroxylation is 2. The smallest absolute Gasteiger partial charge is 0.0729 e. The van der Waals surface area contributed by atoms with Gasteiger partial charge in [-0.3, -0.25) is 4.68 Å². The summed E-state index contributed by atoms with van der Waals surface area (Å²) in [6.45, 7) is 5.12. The van der Waals surface area contributed by atoms with Gasteiger partial charge in [0.2, 0.25) is 0 Å². The zero-order valence-electron chi connectivity index (χ0n) is 12.7. The summed E-state index contributed by atoms with van der Waals surface area (Å²) in [5.41, 5.74) is 6.08. The summed E-state index contributed by atoms with van der Waals surface area (Å²) >= 11 is 0. The second-order valence-electron chi connectivity index (χ2n) is 5.32. The molecular formula is C17H20N4. The number of aromatic nitrogens is 3. The van der Waals surface area contributed by atoms with Crippen LogP contribution >= 0.6 is 0 Å². The maximum Gasteiger partial charge on any atom is 0.0729 e. The van der Waals surface area contributed by atoms with Crippen LogP contribution in [-0.4, -0.2) is 14.3 Å². The Labute approximate surface area is 125 Å². The molecule has 21 heavy (non-hydrogen) atoms. The highest BCUT2D eigenvalue weighted by Gasteiger charge is 2.10. The molecule has 1 N–H and O–H groups in total. The van der Waals surface area contributed by atoms with Crippen LogP contribution in [0.3, 0.4) is 0 Å². The molecule has 0 fully saturated rings. The second kappa shape index (κ2) is 5.48. The van der Waals surface area contributed by atoms with Gasteiger partial charge in [-0.25, -0.2) is 0 Å². The van der Waals surface area contributed by atoms with Gasteiger partial charge in [-0.15, -0.1) is 0 Å². The van der Waals surface area contributed by atoms with E-state index in [9.17, 15) is 0 Å². The first-order valence-corrected chi connectivity index (χ1v) is 7.11. The van der Waals surface area contributed by atoms with Gasteiger partial charge in [-0.05, 0) is 37.6 Å². The van der Waals surface area contributed by atoms with Gasteiger partial charge in [0, 0.05) is 36.9 Å². The largest absolute Gasteiger partial charge is 0.378 e. The highest BCUT2D eigenvalue weighted by Crippen LogP contribution is 2.21. The molecule has 0 aliphatic heterocycles. The molecule has 0 saturated carbocycles. The van der Waals surface area contributed by atoms with Crippen LogP contribution in [0.25, 0.3) is 5.69 Å². The molecular weight excluding hydrogens is 260 g/mol. The van der Waals surface area contributed by atoms with Crippen molar-refractivity contribution >= 4 is 5.69 Å². The average molecular weight is 280 g/mol. The molecule has 4 nitrogen and oxygen atoms in total. The van der Waals surface area contributed by atoms with Crippen LogP contribution in [0.15, 0.2) is 48.8 Å². The van der Waals surface area contributed by atoms with E-state index >= 15 is 0 Å². The fraction of sp³-hybridized carbons (Fsp3) is 0.235. The Hall–Kier alpha value is -2.49. The zero-order chi connectivity index (χ0) is 14.8. The Morgan fingerprint density at radius 1 is 1.14 bits per heavy atom. The number of nitrogens with zero attached hydrogens (tertiary/aromatic N) is 3. The number of hydrogen-bond donors (Lipinski definition) is 1. The molecule has 2 aromatic heterocycles. The lowest BCUT2D eigenvalue weighted by atomic mass is 10.2. The van der Waals surface area contributed by atoms with Crippen LogP contribution < -0.4 is 5.32 Å². The Bertz CT molecular complexity index is 737. The van der Waals surface area contributed by atoms with Gasteiger partial charge in [0.25, 0.3) is 0 Å². The molecule has 3 rings (SSSR count). The summed E-state index contributed by atoms with van der Waals surface area (Å²) in [7, 11) is 1.92. The SMILES string of the molecule is Cc1cc(CNc2cnn(C)c2)c(C)n1-c1ccccc1. The molecule has 0 amide bonds. The van der Waals surface area contributed by atoms with Crippen LogP contribution in [0, 0.1) is 13.8 Å². The number of para-hydroxylation sites is 1. The molecule has 3 aromatic rings. The molecule has 0 bridgehead atoms. The van der Waals surface area contributed by atoms with Crippen molar-refractivity contribution in [3.05, 3.63) is 65.7 Å². The highest BCUT2D eigenvalue weighted by atomic mass is 15.3. The lowest BCUT2D eigenvalue weighted by molar-refractivity contribution is 0.768. The van der Waals surface area contributed by atoms with Crippen molar-refractivity contribution in [2.24, 2.45) is 7.05 Å². The predicted molar refractivity (Wildman–Crippen MR) is 85.8 cm³/mol. The fourth-order valence-corrected chi connectivity index (χ4v) is 2.69. The number of nitrogens with one attached hydrogen (secondary N) is 1.